The van der Waals surface area contributed by atoms with Gasteiger partial charge in [-0.1, -0.05) is 18.2 Å². The fraction of sp³-hybridized carbons (Fsp3) is 0.0667. The van der Waals surface area contributed by atoms with E-state index in [4.69, 9.17) is 0 Å². The van der Waals surface area contributed by atoms with Crippen LogP contribution in [0.4, 0.5) is 11.6 Å². The number of pyridine rings is 1. The Kier molecular flexibility index (Phi) is 2.98. The van der Waals surface area contributed by atoms with Crippen molar-refractivity contribution >= 4 is 11.6 Å². The molecule has 94 valence electrons. The van der Waals surface area contributed by atoms with Crippen LogP contribution >= 0.6 is 0 Å². The minimum atomic E-state index is 0.789. The molecule has 0 aliphatic carbocycles. The van der Waals surface area contributed by atoms with Crippen molar-refractivity contribution in [2.24, 2.45) is 0 Å². The normalized spacial score (nSPS) is 10.4. The number of rotatable bonds is 3. The maximum absolute atomic E-state index is 4.51. The molecule has 0 unspecified atom stereocenters. The van der Waals surface area contributed by atoms with Crippen LogP contribution in [0.2, 0.25) is 0 Å². The summed E-state index contributed by atoms with van der Waals surface area (Å²) in [5.74, 6) is 0.789. The molecule has 0 aliphatic heterocycles. The summed E-state index contributed by atoms with van der Waals surface area (Å²) >= 11 is 0. The zero-order valence-electron chi connectivity index (χ0n) is 10.6. The molecule has 3 rings (SSSR count). The Morgan fingerprint density at radius 1 is 1.05 bits per heavy atom. The van der Waals surface area contributed by atoms with E-state index >= 15 is 0 Å². The number of benzene rings is 1. The standard InChI is InChI=1S/C15H14N4/c1-12-11-19(14-8-5-9-16-10-14)15(17-12)18-13-6-3-2-4-7-13/h2-11H,1H3,(H,17,18). The van der Waals surface area contributed by atoms with E-state index in [0.717, 1.165) is 23.0 Å². The monoisotopic (exact) mass is 250 g/mol. The molecule has 0 saturated heterocycles. The lowest BCUT2D eigenvalue weighted by Crippen LogP contribution is -2.01. The molecule has 1 N–H and O–H groups in total. The van der Waals surface area contributed by atoms with Gasteiger partial charge in [0, 0.05) is 18.1 Å². The van der Waals surface area contributed by atoms with Crippen molar-refractivity contribution in [1.29, 1.82) is 0 Å². The van der Waals surface area contributed by atoms with Gasteiger partial charge in [0.15, 0.2) is 0 Å². The summed E-state index contributed by atoms with van der Waals surface area (Å²) in [6.07, 6.45) is 5.57. The minimum absolute atomic E-state index is 0.789. The van der Waals surface area contributed by atoms with Crippen molar-refractivity contribution in [1.82, 2.24) is 14.5 Å². The molecule has 4 nitrogen and oxygen atoms in total. The van der Waals surface area contributed by atoms with Gasteiger partial charge in [-0.25, -0.2) is 4.98 Å². The third-order valence-corrected chi connectivity index (χ3v) is 2.78. The lowest BCUT2D eigenvalue weighted by Gasteiger charge is -2.09. The van der Waals surface area contributed by atoms with Gasteiger partial charge >= 0.3 is 0 Å². The first-order chi connectivity index (χ1) is 9.33. The molecular weight excluding hydrogens is 236 g/mol. The van der Waals surface area contributed by atoms with Crippen LogP contribution in [0, 0.1) is 6.92 Å². The van der Waals surface area contributed by atoms with Crippen molar-refractivity contribution in [2.75, 3.05) is 5.32 Å². The van der Waals surface area contributed by atoms with E-state index in [1.807, 2.05) is 66.3 Å². The lowest BCUT2D eigenvalue weighted by atomic mass is 10.3. The molecule has 0 radical (unpaired) electrons. The summed E-state index contributed by atoms with van der Waals surface area (Å²) in [7, 11) is 0. The highest BCUT2D eigenvalue weighted by atomic mass is 15.2. The van der Waals surface area contributed by atoms with Crippen LogP contribution in [-0.4, -0.2) is 14.5 Å². The molecule has 0 aliphatic rings. The smallest absolute Gasteiger partial charge is 0.212 e. The topological polar surface area (TPSA) is 42.7 Å². The number of imidazole rings is 1. The molecule has 1 aromatic carbocycles. The Morgan fingerprint density at radius 2 is 1.89 bits per heavy atom. The van der Waals surface area contributed by atoms with E-state index in [-0.39, 0.29) is 0 Å². The summed E-state index contributed by atoms with van der Waals surface area (Å²) < 4.78 is 2.00. The van der Waals surface area contributed by atoms with Gasteiger partial charge in [-0.3, -0.25) is 9.55 Å². The first kappa shape index (κ1) is 11.5. The Bertz CT molecular complexity index is 659. The van der Waals surface area contributed by atoms with E-state index in [1.165, 1.54) is 0 Å². The SMILES string of the molecule is Cc1cn(-c2cccnc2)c(Nc2ccccc2)n1. The molecule has 19 heavy (non-hydrogen) atoms. The van der Waals surface area contributed by atoms with Crippen molar-refractivity contribution in [3.05, 3.63) is 66.7 Å². The van der Waals surface area contributed by atoms with E-state index in [9.17, 15) is 0 Å². The molecule has 0 saturated carbocycles. The number of nitrogens with zero attached hydrogens (tertiary/aromatic N) is 3. The molecular formula is C15H14N4. The van der Waals surface area contributed by atoms with Crippen LogP contribution in [-0.2, 0) is 0 Å². The van der Waals surface area contributed by atoms with Gasteiger partial charge in [0.2, 0.25) is 5.95 Å². The summed E-state index contributed by atoms with van der Waals surface area (Å²) in [6, 6.07) is 13.9. The molecule has 0 amide bonds. The highest BCUT2D eigenvalue weighted by molar-refractivity contribution is 5.56. The van der Waals surface area contributed by atoms with Crippen molar-refractivity contribution < 1.29 is 0 Å². The molecule has 2 aromatic heterocycles. The zero-order valence-corrected chi connectivity index (χ0v) is 10.6. The Morgan fingerprint density at radius 3 is 2.63 bits per heavy atom. The van der Waals surface area contributed by atoms with Crippen LogP contribution in [0.25, 0.3) is 5.69 Å². The van der Waals surface area contributed by atoms with Crippen molar-refractivity contribution in [3.8, 4) is 5.69 Å². The second-order valence-corrected chi connectivity index (χ2v) is 4.28. The van der Waals surface area contributed by atoms with Crippen molar-refractivity contribution in [2.45, 2.75) is 6.92 Å². The predicted molar refractivity (Wildman–Crippen MR) is 75.8 cm³/mol. The molecule has 2 heterocycles. The number of hydrogen-bond donors (Lipinski definition) is 1. The van der Waals surface area contributed by atoms with Crippen molar-refractivity contribution in [3.63, 3.8) is 0 Å². The maximum atomic E-state index is 4.51. The average molecular weight is 250 g/mol. The first-order valence-electron chi connectivity index (χ1n) is 6.11. The Hall–Kier alpha value is -2.62. The van der Waals surface area contributed by atoms with E-state index in [0.29, 0.717) is 0 Å². The summed E-state index contributed by atoms with van der Waals surface area (Å²) in [6.45, 7) is 1.98. The van der Waals surface area contributed by atoms with Crippen LogP contribution in [0.1, 0.15) is 5.69 Å². The van der Waals surface area contributed by atoms with Gasteiger partial charge in [0.25, 0.3) is 0 Å². The largest absolute Gasteiger partial charge is 0.325 e. The van der Waals surface area contributed by atoms with Crippen LogP contribution < -0.4 is 5.32 Å². The lowest BCUT2D eigenvalue weighted by molar-refractivity contribution is 1.05. The summed E-state index contributed by atoms with van der Waals surface area (Å²) in [5, 5.41) is 3.32. The van der Waals surface area contributed by atoms with Gasteiger partial charge in [-0.15, -0.1) is 0 Å². The van der Waals surface area contributed by atoms with Gasteiger partial charge in [0.1, 0.15) is 0 Å². The van der Waals surface area contributed by atoms with Crippen LogP contribution in [0.15, 0.2) is 61.1 Å². The molecule has 0 bridgehead atoms. The fourth-order valence-corrected chi connectivity index (χ4v) is 1.93. The summed E-state index contributed by atoms with van der Waals surface area (Å²) in [5.41, 5.74) is 2.96. The second-order valence-electron chi connectivity index (χ2n) is 4.28. The molecule has 0 spiro atoms. The minimum Gasteiger partial charge on any atom is -0.325 e. The van der Waals surface area contributed by atoms with Gasteiger partial charge in [-0.2, -0.15) is 0 Å². The van der Waals surface area contributed by atoms with Gasteiger partial charge in [0.05, 0.1) is 17.6 Å². The van der Waals surface area contributed by atoms with Gasteiger partial charge in [-0.05, 0) is 31.2 Å². The average Bonchev–Trinajstić information content (AvgIpc) is 2.82. The maximum Gasteiger partial charge on any atom is 0.212 e. The summed E-state index contributed by atoms with van der Waals surface area (Å²) in [4.78, 5) is 8.65. The predicted octanol–water partition coefficient (Wildman–Crippen LogP) is 3.32. The number of anilines is 2. The number of para-hydroxylation sites is 1. The quantitative estimate of drug-likeness (QED) is 0.775. The third kappa shape index (κ3) is 2.47. The number of aromatic nitrogens is 3. The highest BCUT2D eigenvalue weighted by Gasteiger charge is 2.07. The number of aryl methyl sites for hydroxylation is 1. The molecule has 0 atom stereocenters. The third-order valence-electron chi connectivity index (χ3n) is 2.78. The van der Waals surface area contributed by atoms with Crippen LogP contribution in [0.3, 0.4) is 0 Å². The van der Waals surface area contributed by atoms with Gasteiger partial charge < -0.3 is 5.32 Å². The Balaban J connectivity index is 1.99. The Labute approximate surface area is 111 Å². The number of hydrogen-bond acceptors (Lipinski definition) is 3. The molecule has 0 fully saturated rings. The van der Waals surface area contributed by atoms with E-state index in [2.05, 4.69) is 15.3 Å². The van der Waals surface area contributed by atoms with E-state index < -0.39 is 0 Å². The highest BCUT2D eigenvalue weighted by Crippen LogP contribution is 2.19. The molecule has 3 aromatic rings. The fourth-order valence-electron chi connectivity index (χ4n) is 1.93. The first-order valence-corrected chi connectivity index (χ1v) is 6.11. The molecule has 4 heteroatoms. The van der Waals surface area contributed by atoms with E-state index in [1.54, 1.807) is 6.20 Å². The second kappa shape index (κ2) is 4.94. The van der Waals surface area contributed by atoms with Crippen LogP contribution in [0.5, 0.6) is 0 Å². The number of nitrogens with one attached hydrogen (secondary N) is 1. The zero-order chi connectivity index (χ0) is 13.1.